The number of nitrogens with zero attached hydrogens (tertiary/aromatic N) is 1. The number of likely N-dealkylation sites (N-methyl/N-ethyl adjacent to an activating group) is 1. The second kappa shape index (κ2) is 12.4. The van der Waals surface area contributed by atoms with Crippen LogP contribution in [0.15, 0.2) is 0 Å². The van der Waals surface area contributed by atoms with Crippen LogP contribution in [-0.2, 0) is 14.3 Å². The zero-order chi connectivity index (χ0) is 14.5. The monoisotopic (exact) mass is 274 g/mol. The summed E-state index contributed by atoms with van der Waals surface area (Å²) in [6.45, 7) is 8.48. The SMILES string of the molecule is COCCCN(C)CC(=O)NCCCOCC(C)C. The maximum atomic E-state index is 11.6. The van der Waals surface area contributed by atoms with Gasteiger partial charge in [-0.25, -0.2) is 0 Å². The van der Waals surface area contributed by atoms with Gasteiger partial charge in [0.2, 0.25) is 5.91 Å². The number of ether oxygens (including phenoxy) is 2. The number of carbonyl (C=O) groups is 1. The molecule has 5 nitrogen and oxygen atoms in total. The lowest BCUT2D eigenvalue weighted by atomic mass is 10.2. The zero-order valence-electron chi connectivity index (χ0n) is 12.9. The van der Waals surface area contributed by atoms with Crippen LogP contribution >= 0.6 is 0 Å². The highest BCUT2D eigenvalue weighted by atomic mass is 16.5. The first kappa shape index (κ1) is 18.4. The molecule has 0 spiro atoms. The fourth-order valence-corrected chi connectivity index (χ4v) is 1.58. The average molecular weight is 274 g/mol. The van der Waals surface area contributed by atoms with Crippen LogP contribution in [0.5, 0.6) is 0 Å². The average Bonchev–Trinajstić information content (AvgIpc) is 2.33. The van der Waals surface area contributed by atoms with E-state index in [0.29, 0.717) is 25.6 Å². The van der Waals surface area contributed by atoms with Gasteiger partial charge in [-0.15, -0.1) is 0 Å². The number of hydrogen-bond donors (Lipinski definition) is 1. The first-order valence-corrected chi connectivity index (χ1v) is 7.08. The Hall–Kier alpha value is -0.650. The van der Waals surface area contributed by atoms with Crippen molar-refractivity contribution in [2.24, 2.45) is 5.92 Å². The molecule has 0 bridgehead atoms. The summed E-state index contributed by atoms with van der Waals surface area (Å²) in [4.78, 5) is 13.6. The van der Waals surface area contributed by atoms with Gasteiger partial charge in [-0.1, -0.05) is 13.8 Å². The molecule has 5 heteroatoms. The number of hydrogen-bond acceptors (Lipinski definition) is 4. The molecule has 0 atom stereocenters. The van der Waals surface area contributed by atoms with E-state index >= 15 is 0 Å². The molecule has 1 N–H and O–H groups in total. The van der Waals surface area contributed by atoms with Crippen LogP contribution in [0, 0.1) is 5.92 Å². The van der Waals surface area contributed by atoms with Gasteiger partial charge in [-0.05, 0) is 25.8 Å². The molecule has 0 saturated carbocycles. The molecule has 114 valence electrons. The van der Waals surface area contributed by atoms with Crippen molar-refractivity contribution in [1.82, 2.24) is 10.2 Å². The number of methoxy groups -OCH3 is 1. The fourth-order valence-electron chi connectivity index (χ4n) is 1.58. The van der Waals surface area contributed by atoms with Crippen molar-refractivity contribution in [3.63, 3.8) is 0 Å². The summed E-state index contributed by atoms with van der Waals surface area (Å²) in [5, 5.41) is 2.90. The summed E-state index contributed by atoms with van der Waals surface area (Å²) in [5.74, 6) is 0.638. The topological polar surface area (TPSA) is 50.8 Å². The van der Waals surface area contributed by atoms with Gasteiger partial charge in [0, 0.05) is 40.0 Å². The first-order chi connectivity index (χ1) is 9.06. The molecule has 19 heavy (non-hydrogen) atoms. The minimum Gasteiger partial charge on any atom is -0.385 e. The van der Waals surface area contributed by atoms with Gasteiger partial charge in [0.15, 0.2) is 0 Å². The van der Waals surface area contributed by atoms with E-state index in [0.717, 1.165) is 32.6 Å². The summed E-state index contributed by atoms with van der Waals surface area (Å²) in [5.41, 5.74) is 0. The van der Waals surface area contributed by atoms with E-state index in [1.54, 1.807) is 7.11 Å². The largest absolute Gasteiger partial charge is 0.385 e. The molecule has 0 unspecified atom stereocenters. The Morgan fingerprint density at radius 3 is 2.63 bits per heavy atom. The Morgan fingerprint density at radius 1 is 1.26 bits per heavy atom. The molecule has 0 aromatic heterocycles. The maximum absolute atomic E-state index is 11.6. The molecule has 0 heterocycles. The molecule has 0 aliphatic heterocycles. The van der Waals surface area contributed by atoms with E-state index in [-0.39, 0.29) is 5.91 Å². The summed E-state index contributed by atoms with van der Waals surface area (Å²) in [6, 6.07) is 0. The molecule has 0 fully saturated rings. The van der Waals surface area contributed by atoms with E-state index in [2.05, 4.69) is 19.2 Å². The summed E-state index contributed by atoms with van der Waals surface area (Å²) in [6.07, 6.45) is 1.81. The van der Waals surface area contributed by atoms with Crippen LogP contribution in [0.3, 0.4) is 0 Å². The van der Waals surface area contributed by atoms with Gasteiger partial charge in [0.05, 0.1) is 6.54 Å². The van der Waals surface area contributed by atoms with E-state index in [1.165, 1.54) is 0 Å². The third kappa shape index (κ3) is 13.6. The van der Waals surface area contributed by atoms with Gasteiger partial charge >= 0.3 is 0 Å². The van der Waals surface area contributed by atoms with E-state index < -0.39 is 0 Å². The highest BCUT2D eigenvalue weighted by Gasteiger charge is 2.05. The van der Waals surface area contributed by atoms with Gasteiger partial charge in [0.25, 0.3) is 0 Å². The quantitative estimate of drug-likeness (QED) is 0.542. The predicted molar refractivity (Wildman–Crippen MR) is 77.3 cm³/mol. The Balaban J connectivity index is 3.38. The van der Waals surface area contributed by atoms with E-state index in [4.69, 9.17) is 9.47 Å². The first-order valence-electron chi connectivity index (χ1n) is 7.08. The molecule has 0 aromatic carbocycles. The Labute approximate surface area is 117 Å². The van der Waals surface area contributed by atoms with E-state index in [1.807, 2.05) is 11.9 Å². The lowest BCUT2D eigenvalue weighted by Gasteiger charge is -2.15. The number of amides is 1. The van der Waals surface area contributed by atoms with Crippen LogP contribution in [-0.4, -0.2) is 64.4 Å². The van der Waals surface area contributed by atoms with Crippen LogP contribution in [0.25, 0.3) is 0 Å². The molecular weight excluding hydrogens is 244 g/mol. The molecule has 0 aliphatic carbocycles. The normalized spacial score (nSPS) is 11.3. The molecular formula is C14H30N2O3. The maximum Gasteiger partial charge on any atom is 0.234 e. The lowest BCUT2D eigenvalue weighted by Crippen LogP contribution is -2.36. The van der Waals surface area contributed by atoms with Crippen molar-refractivity contribution in [3.8, 4) is 0 Å². The smallest absolute Gasteiger partial charge is 0.234 e. The second-order valence-corrected chi connectivity index (χ2v) is 5.26. The van der Waals surface area contributed by atoms with Crippen LogP contribution < -0.4 is 5.32 Å². The molecule has 0 rings (SSSR count). The molecule has 0 radical (unpaired) electrons. The number of rotatable bonds is 12. The summed E-state index contributed by atoms with van der Waals surface area (Å²) < 4.78 is 10.4. The van der Waals surface area contributed by atoms with Gasteiger partial charge in [-0.3, -0.25) is 9.69 Å². The molecule has 1 amide bonds. The van der Waals surface area contributed by atoms with Crippen molar-refractivity contribution >= 4 is 5.91 Å². The molecule has 0 saturated heterocycles. The van der Waals surface area contributed by atoms with Crippen molar-refractivity contribution in [3.05, 3.63) is 0 Å². The standard InChI is InChI=1S/C14H30N2O3/c1-13(2)12-19-10-5-7-15-14(17)11-16(3)8-6-9-18-4/h13H,5-12H2,1-4H3,(H,15,17). The van der Waals surface area contributed by atoms with Crippen molar-refractivity contribution < 1.29 is 14.3 Å². The van der Waals surface area contributed by atoms with Crippen molar-refractivity contribution in [2.45, 2.75) is 26.7 Å². The van der Waals surface area contributed by atoms with Crippen LogP contribution in [0.2, 0.25) is 0 Å². The molecule has 0 aliphatic rings. The Kier molecular flexibility index (Phi) is 12.0. The minimum atomic E-state index is 0.0729. The number of carbonyl (C=O) groups excluding carboxylic acids is 1. The third-order valence-corrected chi connectivity index (χ3v) is 2.54. The highest BCUT2D eigenvalue weighted by Crippen LogP contribution is 1.93. The zero-order valence-corrected chi connectivity index (χ0v) is 12.9. The Bertz CT molecular complexity index is 223. The highest BCUT2D eigenvalue weighted by molar-refractivity contribution is 5.77. The van der Waals surface area contributed by atoms with Crippen LogP contribution in [0.4, 0.5) is 0 Å². The van der Waals surface area contributed by atoms with Gasteiger partial charge < -0.3 is 14.8 Å². The summed E-state index contributed by atoms with van der Waals surface area (Å²) in [7, 11) is 3.63. The lowest BCUT2D eigenvalue weighted by molar-refractivity contribution is -0.122. The second-order valence-electron chi connectivity index (χ2n) is 5.26. The van der Waals surface area contributed by atoms with Gasteiger partial charge in [0.1, 0.15) is 0 Å². The summed E-state index contributed by atoms with van der Waals surface area (Å²) >= 11 is 0. The minimum absolute atomic E-state index is 0.0729. The third-order valence-electron chi connectivity index (χ3n) is 2.54. The predicted octanol–water partition coefficient (Wildman–Crippen LogP) is 1.13. The number of nitrogens with one attached hydrogen (secondary N) is 1. The van der Waals surface area contributed by atoms with Crippen LogP contribution in [0.1, 0.15) is 26.7 Å². The fraction of sp³-hybridized carbons (Fsp3) is 0.929. The molecule has 0 aromatic rings. The van der Waals surface area contributed by atoms with E-state index in [9.17, 15) is 4.79 Å². The van der Waals surface area contributed by atoms with Crippen molar-refractivity contribution in [1.29, 1.82) is 0 Å². The van der Waals surface area contributed by atoms with Crippen molar-refractivity contribution in [2.75, 3.05) is 53.6 Å². The Morgan fingerprint density at radius 2 is 2.00 bits per heavy atom. The van der Waals surface area contributed by atoms with Gasteiger partial charge in [-0.2, -0.15) is 0 Å².